The van der Waals surface area contributed by atoms with Crippen LogP contribution in [0.25, 0.3) is 0 Å². The van der Waals surface area contributed by atoms with Crippen molar-refractivity contribution in [1.29, 1.82) is 0 Å². The Morgan fingerprint density at radius 2 is 2.20 bits per heavy atom. The molecule has 20 heavy (non-hydrogen) atoms. The molecule has 1 saturated carbocycles. The lowest BCUT2D eigenvalue weighted by Gasteiger charge is -2.23. The van der Waals surface area contributed by atoms with Crippen LogP contribution >= 0.6 is 0 Å². The van der Waals surface area contributed by atoms with E-state index in [9.17, 15) is 4.79 Å². The van der Waals surface area contributed by atoms with Crippen LogP contribution in [0.15, 0.2) is 12.3 Å². The summed E-state index contributed by atoms with van der Waals surface area (Å²) in [7, 11) is 0. The number of hydrogen-bond donors (Lipinski definition) is 2. The van der Waals surface area contributed by atoms with E-state index in [1.807, 2.05) is 19.2 Å². The molecule has 0 aromatic carbocycles. The second-order valence-electron chi connectivity index (χ2n) is 6.31. The molecule has 2 aliphatic rings. The molecule has 2 N–H and O–H groups in total. The van der Waals surface area contributed by atoms with Gasteiger partial charge >= 0.3 is 0 Å². The number of aryl methyl sites for hydroxylation is 1. The Balaban J connectivity index is 1.45. The first-order valence-corrected chi connectivity index (χ1v) is 7.90. The Hall–Kier alpha value is -1.29. The van der Waals surface area contributed by atoms with E-state index in [0.29, 0.717) is 5.92 Å². The lowest BCUT2D eigenvalue weighted by Crippen LogP contribution is -2.34. The van der Waals surface area contributed by atoms with E-state index in [4.69, 9.17) is 0 Å². The Bertz CT molecular complexity index is 462. The van der Waals surface area contributed by atoms with Crippen molar-refractivity contribution in [3.8, 4) is 0 Å². The summed E-state index contributed by atoms with van der Waals surface area (Å²) in [6.45, 7) is 5.13. The molecule has 1 aromatic rings. The summed E-state index contributed by atoms with van der Waals surface area (Å²) >= 11 is 0. The summed E-state index contributed by atoms with van der Waals surface area (Å²) in [6, 6.07) is 2.67. The first-order chi connectivity index (χ1) is 9.74. The Labute approximate surface area is 120 Å². The molecule has 2 fully saturated rings. The van der Waals surface area contributed by atoms with Gasteiger partial charge in [-0.05, 0) is 44.7 Å². The number of aromatic amines is 1. The predicted molar refractivity (Wildman–Crippen MR) is 79.8 cm³/mol. The van der Waals surface area contributed by atoms with Gasteiger partial charge in [0.1, 0.15) is 0 Å². The van der Waals surface area contributed by atoms with Gasteiger partial charge in [-0.3, -0.25) is 4.79 Å². The number of rotatable bonds is 4. The summed E-state index contributed by atoms with van der Waals surface area (Å²) in [4.78, 5) is 17.8. The van der Waals surface area contributed by atoms with Crippen LogP contribution in [0.5, 0.6) is 0 Å². The average Bonchev–Trinajstić information content (AvgIpc) is 3.16. The van der Waals surface area contributed by atoms with Gasteiger partial charge in [0.2, 0.25) is 0 Å². The first kappa shape index (κ1) is 13.7. The molecule has 3 rings (SSSR count). The molecule has 1 amide bonds. The molecule has 2 heterocycles. The number of nitrogens with zero attached hydrogens (tertiary/aromatic N) is 1. The van der Waals surface area contributed by atoms with Gasteiger partial charge in [0.15, 0.2) is 0 Å². The summed E-state index contributed by atoms with van der Waals surface area (Å²) < 4.78 is 0. The van der Waals surface area contributed by atoms with Gasteiger partial charge in [0.25, 0.3) is 5.91 Å². The van der Waals surface area contributed by atoms with E-state index >= 15 is 0 Å². The third kappa shape index (κ3) is 2.90. The number of aromatic nitrogens is 1. The van der Waals surface area contributed by atoms with E-state index in [2.05, 4.69) is 15.2 Å². The van der Waals surface area contributed by atoms with Gasteiger partial charge in [-0.1, -0.05) is 12.8 Å². The number of amides is 1. The number of carbonyl (C=O) groups excluding carboxylic acids is 1. The van der Waals surface area contributed by atoms with E-state index in [-0.39, 0.29) is 5.91 Å². The Kier molecular flexibility index (Phi) is 4.10. The lowest BCUT2D eigenvalue weighted by atomic mass is 10.1. The predicted octanol–water partition coefficient (Wildman–Crippen LogP) is 2.32. The number of H-pyrrole nitrogens is 1. The summed E-state index contributed by atoms with van der Waals surface area (Å²) in [6.07, 6.45) is 8.60. The fourth-order valence-corrected chi connectivity index (χ4v) is 3.66. The van der Waals surface area contributed by atoms with Crippen molar-refractivity contribution in [1.82, 2.24) is 15.2 Å². The van der Waals surface area contributed by atoms with Crippen LogP contribution in [0, 0.1) is 12.8 Å². The van der Waals surface area contributed by atoms with Crippen LogP contribution in [0.2, 0.25) is 0 Å². The van der Waals surface area contributed by atoms with Gasteiger partial charge in [-0.2, -0.15) is 0 Å². The Morgan fingerprint density at radius 3 is 2.90 bits per heavy atom. The molecule has 0 bridgehead atoms. The van der Waals surface area contributed by atoms with Crippen LogP contribution in [0.1, 0.15) is 48.2 Å². The summed E-state index contributed by atoms with van der Waals surface area (Å²) in [5, 5.41) is 3.09. The number of likely N-dealkylation sites (tertiary alicyclic amines) is 1. The molecule has 4 nitrogen and oxygen atoms in total. The molecule has 4 heteroatoms. The lowest BCUT2D eigenvalue weighted by molar-refractivity contribution is 0.0946. The topological polar surface area (TPSA) is 48.1 Å². The molecule has 0 spiro atoms. The highest BCUT2D eigenvalue weighted by atomic mass is 16.1. The molecule has 1 aromatic heterocycles. The minimum absolute atomic E-state index is 0.0584. The molecule has 110 valence electrons. The second kappa shape index (κ2) is 6.00. The van der Waals surface area contributed by atoms with Gasteiger partial charge in [-0.25, -0.2) is 0 Å². The number of hydrogen-bond acceptors (Lipinski definition) is 2. The van der Waals surface area contributed by atoms with Gasteiger partial charge in [0, 0.05) is 31.0 Å². The zero-order valence-corrected chi connectivity index (χ0v) is 12.3. The summed E-state index contributed by atoms with van der Waals surface area (Å²) in [5.41, 5.74) is 1.72. The van der Waals surface area contributed by atoms with Gasteiger partial charge in [-0.15, -0.1) is 0 Å². The van der Waals surface area contributed by atoms with Crippen molar-refractivity contribution >= 4 is 5.91 Å². The van der Waals surface area contributed by atoms with E-state index in [0.717, 1.165) is 30.4 Å². The molecule has 1 atom stereocenters. The fourth-order valence-electron chi connectivity index (χ4n) is 3.66. The standard InChI is InChI=1S/C16H25N3O/c1-12-15(6-8-17-12)16(20)18-10-13-7-9-19(11-13)14-4-2-3-5-14/h6,8,13-14,17H,2-5,7,9-11H2,1H3,(H,18,20)/t13-/m0/s1. The maximum absolute atomic E-state index is 12.1. The van der Waals surface area contributed by atoms with Crippen molar-refractivity contribution < 1.29 is 4.79 Å². The Morgan fingerprint density at radius 1 is 1.40 bits per heavy atom. The summed E-state index contributed by atoms with van der Waals surface area (Å²) in [5.74, 6) is 0.682. The second-order valence-corrected chi connectivity index (χ2v) is 6.31. The molecular weight excluding hydrogens is 250 g/mol. The van der Waals surface area contributed by atoms with Crippen LogP contribution in [0.4, 0.5) is 0 Å². The third-order valence-electron chi connectivity index (χ3n) is 4.91. The van der Waals surface area contributed by atoms with E-state index in [1.165, 1.54) is 38.6 Å². The zero-order valence-electron chi connectivity index (χ0n) is 12.3. The molecular formula is C16H25N3O. The smallest absolute Gasteiger partial charge is 0.253 e. The normalized spacial score (nSPS) is 24.4. The third-order valence-corrected chi connectivity index (χ3v) is 4.91. The highest BCUT2D eigenvalue weighted by Gasteiger charge is 2.29. The van der Waals surface area contributed by atoms with Crippen molar-refractivity contribution in [3.63, 3.8) is 0 Å². The maximum atomic E-state index is 12.1. The van der Waals surface area contributed by atoms with E-state index < -0.39 is 0 Å². The first-order valence-electron chi connectivity index (χ1n) is 7.90. The number of carbonyl (C=O) groups is 1. The molecule has 1 aliphatic carbocycles. The minimum atomic E-state index is 0.0584. The SMILES string of the molecule is Cc1[nH]ccc1C(=O)NC[C@@H]1CCN(C2CCCC2)C1. The molecule has 1 saturated heterocycles. The van der Waals surface area contributed by atoms with Crippen LogP contribution in [-0.4, -0.2) is 41.5 Å². The van der Waals surface area contributed by atoms with Crippen molar-refractivity contribution in [2.75, 3.05) is 19.6 Å². The minimum Gasteiger partial charge on any atom is -0.365 e. The van der Waals surface area contributed by atoms with Crippen molar-refractivity contribution in [2.45, 2.75) is 45.1 Å². The largest absolute Gasteiger partial charge is 0.365 e. The van der Waals surface area contributed by atoms with Crippen LogP contribution in [-0.2, 0) is 0 Å². The zero-order chi connectivity index (χ0) is 13.9. The van der Waals surface area contributed by atoms with Crippen LogP contribution < -0.4 is 5.32 Å². The van der Waals surface area contributed by atoms with Crippen molar-refractivity contribution in [2.24, 2.45) is 5.92 Å². The molecule has 0 radical (unpaired) electrons. The molecule has 0 unspecified atom stereocenters. The van der Waals surface area contributed by atoms with Crippen LogP contribution in [0.3, 0.4) is 0 Å². The highest BCUT2D eigenvalue weighted by Crippen LogP contribution is 2.28. The van der Waals surface area contributed by atoms with E-state index in [1.54, 1.807) is 0 Å². The monoisotopic (exact) mass is 275 g/mol. The van der Waals surface area contributed by atoms with Gasteiger partial charge < -0.3 is 15.2 Å². The average molecular weight is 275 g/mol. The quantitative estimate of drug-likeness (QED) is 0.886. The van der Waals surface area contributed by atoms with Crippen molar-refractivity contribution in [3.05, 3.63) is 23.5 Å². The number of nitrogens with one attached hydrogen (secondary N) is 2. The fraction of sp³-hybridized carbons (Fsp3) is 0.688. The molecule has 1 aliphatic heterocycles. The maximum Gasteiger partial charge on any atom is 0.253 e. The highest BCUT2D eigenvalue weighted by molar-refractivity contribution is 5.95. The van der Waals surface area contributed by atoms with Gasteiger partial charge in [0.05, 0.1) is 5.56 Å².